The monoisotopic (exact) mass is 272 g/mol. The smallest absolute Gasteiger partial charge is 0.344 e. The van der Waals surface area contributed by atoms with Crippen LogP contribution in [-0.2, 0) is 15.0 Å². The number of ketones is 1. The third-order valence-corrected chi connectivity index (χ3v) is 4.72. The largest absolute Gasteiger partial charge is 0.388 e. The van der Waals surface area contributed by atoms with Crippen LogP contribution in [0.4, 0.5) is 0 Å². The van der Waals surface area contributed by atoms with Crippen LogP contribution >= 0.6 is 0 Å². The Balaban J connectivity index is 2.40. The van der Waals surface area contributed by atoms with E-state index in [1.165, 1.54) is 13.1 Å². The van der Waals surface area contributed by atoms with E-state index in [9.17, 15) is 13.2 Å². The van der Waals surface area contributed by atoms with Gasteiger partial charge in [-0.05, 0) is 18.9 Å². The second-order valence-corrected chi connectivity index (χ2v) is 6.18. The number of carbonyl (C=O) groups is 1. The lowest BCUT2D eigenvalue weighted by molar-refractivity contribution is -0.119. The number of rotatable bonds is 3. The fraction of sp³-hybridized carbons (Fsp3) is 0.636. The molecule has 0 amide bonds. The predicted octanol–water partition coefficient (Wildman–Crippen LogP) is 0.253. The molecule has 0 aromatic heterocycles. The first-order valence-electron chi connectivity index (χ1n) is 5.90. The zero-order chi connectivity index (χ0) is 13.3. The van der Waals surface area contributed by atoms with Crippen LogP contribution < -0.4 is 0 Å². The van der Waals surface area contributed by atoms with E-state index >= 15 is 0 Å². The zero-order valence-electron chi connectivity index (χ0n) is 10.2. The van der Waals surface area contributed by atoms with Gasteiger partial charge in [-0.3, -0.25) is 9.10 Å². The molecule has 0 spiro atoms. The second-order valence-electron chi connectivity index (χ2n) is 4.55. The molecule has 0 aromatic rings. The van der Waals surface area contributed by atoms with E-state index in [-0.39, 0.29) is 11.6 Å². The van der Waals surface area contributed by atoms with Crippen LogP contribution in [0, 0.1) is 5.92 Å². The summed E-state index contributed by atoms with van der Waals surface area (Å²) in [4.78, 5) is 11.5. The van der Waals surface area contributed by atoms with Crippen molar-refractivity contribution in [1.29, 1.82) is 0 Å². The number of aliphatic hydroxyl groups excluding tert-OH is 1. The van der Waals surface area contributed by atoms with Crippen LogP contribution in [-0.4, -0.2) is 43.0 Å². The van der Waals surface area contributed by atoms with Crippen molar-refractivity contribution in [3.63, 3.8) is 0 Å². The van der Waals surface area contributed by atoms with Crippen molar-refractivity contribution in [1.82, 2.24) is 4.31 Å². The van der Waals surface area contributed by atoms with Crippen molar-refractivity contribution in [3.8, 4) is 0 Å². The van der Waals surface area contributed by atoms with Gasteiger partial charge in [-0.2, -0.15) is 8.42 Å². The first-order chi connectivity index (χ1) is 8.45. The van der Waals surface area contributed by atoms with Gasteiger partial charge in [0, 0.05) is 13.0 Å². The minimum Gasteiger partial charge on any atom is -0.388 e. The molecular formula is C11H16N2O4S. The summed E-state index contributed by atoms with van der Waals surface area (Å²) in [6.45, 7) is -0.705. The quantitative estimate of drug-likeness (QED) is 0.798. The molecular weight excluding hydrogens is 256 g/mol. The van der Waals surface area contributed by atoms with Gasteiger partial charge in [0.25, 0.3) is 0 Å². The van der Waals surface area contributed by atoms with Crippen LogP contribution in [0.5, 0.6) is 0 Å². The van der Waals surface area contributed by atoms with Crippen molar-refractivity contribution in [3.05, 3.63) is 11.8 Å². The molecule has 1 N–H and O–H groups in total. The molecule has 7 heteroatoms. The van der Waals surface area contributed by atoms with Gasteiger partial charge >= 0.3 is 10.2 Å². The molecule has 0 radical (unpaired) electrons. The van der Waals surface area contributed by atoms with Crippen molar-refractivity contribution in [2.75, 3.05) is 13.7 Å². The maximum Gasteiger partial charge on any atom is 0.344 e. The van der Waals surface area contributed by atoms with Crippen LogP contribution in [0.25, 0.3) is 0 Å². The Morgan fingerprint density at radius 3 is 2.67 bits per heavy atom. The van der Waals surface area contributed by atoms with E-state index in [0.29, 0.717) is 5.71 Å². The minimum absolute atomic E-state index is 0.00519. The molecule has 1 fully saturated rings. The molecule has 1 aliphatic carbocycles. The fourth-order valence-electron chi connectivity index (χ4n) is 2.33. The van der Waals surface area contributed by atoms with Crippen molar-refractivity contribution >= 4 is 21.7 Å². The Bertz CT molecular complexity index is 515. The van der Waals surface area contributed by atoms with Crippen molar-refractivity contribution in [2.24, 2.45) is 10.3 Å². The first kappa shape index (κ1) is 13.2. The molecule has 0 unspecified atom stereocenters. The van der Waals surface area contributed by atoms with Crippen LogP contribution in [0.3, 0.4) is 0 Å². The summed E-state index contributed by atoms with van der Waals surface area (Å²) in [5, 5.41) is 8.87. The molecule has 1 saturated carbocycles. The third kappa shape index (κ3) is 2.32. The van der Waals surface area contributed by atoms with Crippen LogP contribution in [0.2, 0.25) is 0 Å². The van der Waals surface area contributed by atoms with Gasteiger partial charge in [0.1, 0.15) is 12.3 Å². The van der Waals surface area contributed by atoms with Crippen LogP contribution in [0.1, 0.15) is 25.7 Å². The molecule has 6 nitrogen and oxygen atoms in total. The third-order valence-electron chi connectivity index (χ3n) is 3.39. The number of Topliss-reactive ketones (excluding diaryl/α,β-unsaturated/α-hetero) is 1. The molecule has 1 aliphatic heterocycles. The number of nitrogens with zero attached hydrogens (tertiary/aromatic N) is 2. The molecule has 0 saturated heterocycles. The standard InChI is InChI=1S/C11H16N2O4S/c1-13-10(11(15)7-14)6-9(12-18(13,16)17)8-4-2-3-5-8/h6,8,14H,2-5,7H2,1H3. The maximum atomic E-state index is 11.8. The first-order valence-corrected chi connectivity index (χ1v) is 7.30. The topological polar surface area (TPSA) is 87.0 Å². The normalized spacial score (nSPS) is 23.8. The zero-order valence-corrected chi connectivity index (χ0v) is 11.0. The predicted molar refractivity (Wildman–Crippen MR) is 66.3 cm³/mol. The summed E-state index contributed by atoms with van der Waals surface area (Å²) >= 11 is 0. The highest BCUT2D eigenvalue weighted by atomic mass is 32.2. The van der Waals surface area contributed by atoms with Gasteiger partial charge in [0.2, 0.25) is 5.78 Å². The minimum atomic E-state index is -3.83. The molecule has 1 heterocycles. The van der Waals surface area contributed by atoms with Crippen molar-refractivity contribution in [2.45, 2.75) is 25.7 Å². The highest BCUT2D eigenvalue weighted by Gasteiger charge is 2.32. The second kappa shape index (κ2) is 4.81. The van der Waals surface area contributed by atoms with Crippen molar-refractivity contribution < 1.29 is 18.3 Å². The van der Waals surface area contributed by atoms with E-state index in [4.69, 9.17) is 5.11 Å². The lowest BCUT2D eigenvalue weighted by Crippen LogP contribution is -2.35. The Kier molecular flexibility index (Phi) is 3.54. The summed E-state index contributed by atoms with van der Waals surface area (Å²) in [5.74, 6) is -0.499. The Morgan fingerprint density at radius 1 is 1.50 bits per heavy atom. The highest BCUT2D eigenvalue weighted by molar-refractivity contribution is 7.88. The summed E-state index contributed by atoms with van der Waals surface area (Å²) in [6.07, 6.45) is 5.40. The summed E-state index contributed by atoms with van der Waals surface area (Å²) in [6, 6.07) is 0. The average Bonchev–Trinajstić information content (AvgIpc) is 2.85. The Morgan fingerprint density at radius 2 is 2.11 bits per heavy atom. The fourth-order valence-corrected chi connectivity index (χ4v) is 3.32. The SMILES string of the molecule is CN1C(C(=O)CO)=CC(C2CCCC2)=NS1(=O)=O. The number of likely N-dealkylation sites (N-methyl/N-ethyl adjacent to an activating group) is 1. The van der Waals surface area contributed by atoms with E-state index in [1.54, 1.807) is 0 Å². The van der Waals surface area contributed by atoms with Gasteiger partial charge in [0.05, 0.1) is 5.71 Å². The summed E-state index contributed by atoms with van der Waals surface area (Å²) in [7, 11) is -2.56. The van der Waals surface area contributed by atoms with E-state index in [2.05, 4.69) is 4.40 Å². The number of hydrogen-bond donors (Lipinski definition) is 1. The Labute approximate surface area is 106 Å². The van der Waals surface area contributed by atoms with Gasteiger partial charge in [-0.15, -0.1) is 4.40 Å². The highest BCUT2D eigenvalue weighted by Crippen LogP contribution is 2.30. The molecule has 18 heavy (non-hydrogen) atoms. The van der Waals surface area contributed by atoms with Gasteiger partial charge in [-0.1, -0.05) is 12.8 Å². The van der Waals surface area contributed by atoms with E-state index < -0.39 is 22.6 Å². The molecule has 0 atom stereocenters. The molecule has 0 bridgehead atoms. The number of carbonyl (C=O) groups excluding carboxylic acids is 1. The van der Waals surface area contributed by atoms with Crippen LogP contribution in [0.15, 0.2) is 16.2 Å². The molecule has 0 aromatic carbocycles. The molecule has 2 aliphatic rings. The van der Waals surface area contributed by atoms with E-state index in [0.717, 1.165) is 30.0 Å². The van der Waals surface area contributed by atoms with Gasteiger partial charge < -0.3 is 5.11 Å². The van der Waals surface area contributed by atoms with E-state index in [1.807, 2.05) is 0 Å². The number of hydrogen-bond acceptors (Lipinski definition) is 4. The number of aliphatic hydroxyl groups is 1. The lowest BCUT2D eigenvalue weighted by Gasteiger charge is -2.24. The summed E-state index contributed by atoms with van der Waals surface area (Å²) < 4.78 is 28.3. The van der Waals surface area contributed by atoms with Gasteiger partial charge in [0.15, 0.2) is 0 Å². The summed E-state index contributed by atoms with van der Waals surface area (Å²) in [5.41, 5.74) is 0.441. The molecule has 100 valence electrons. The average molecular weight is 272 g/mol. The Hall–Kier alpha value is -1.21. The molecule has 2 rings (SSSR count). The van der Waals surface area contributed by atoms with Gasteiger partial charge in [-0.25, -0.2) is 0 Å². The lowest BCUT2D eigenvalue weighted by atomic mass is 10.0. The number of allylic oxidation sites excluding steroid dienone is 1. The maximum absolute atomic E-state index is 11.8.